The Morgan fingerprint density at radius 1 is 0.429 bits per heavy atom. The Morgan fingerprint density at radius 2 is 0.805 bits per heavy atom. The molecule has 1 fully saturated rings. The third-order valence-corrected chi connectivity index (χ3v) is 14.4. The van der Waals surface area contributed by atoms with Crippen molar-refractivity contribution in [2.75, 3.05) is 13.2 Å². The minimum absolute atomic E-state index is 0.0557. The smallest absolute Gasteiger partial charge is 0.335 e. The molecule has 0 aromatic rings. The van der Waals surface area contributed by atoms with Crippen LogP contribution in [-0.2, 0) is 42.9 Å². The first-order chi connectivity index (χ1) is 37.6. The Bertz CT molecular complexity index is 1520. The molecular formula is C65H114O12. The summed E-state index contributed by atoms with van der Waals surface area (Å²) in [5.74, 6) is -3.12. The molecule has 446 valence electrons. The zero-order valence-corrected chi connectivity index (χ0v) is 49.2. The van der Waals surface area contributed by atoms with E-state index in [-0.39, 0.29) is 25.9 Å². The van der Waals surface area contributed by atoms with Gasteiger partial charge < -0.3 is 39.0 Å². The second-order valence-corrected chi connectivity index (χ2v) is 21.7. The number of unbranched alkanes of at least 4 members (excludes halogenated alkanes) is 32. The zero-order valence-electron chi connectivity index (χ0n) is 49.2. The lowest BCUT2D eigenvalue weighted by Crippen LogP contribution is -2.61. The summed E-state index contributed by atoms with van der Waals surface area (Å²) in [6.07, 6.45) is 52.1. The van der Waals surface area contributed by atoms with Crippen molar-refractivity contribution in [2.45, 2.75) is 327 Å². The Labute approximate surface area is 469 Å². The van der Waals surface area contributed by atoms with Crippen molar-refractivity contribution in [3.05, 3.63) is 48.6 Å². The van der Waals surface area contributed by atoms with Gasteiger partial charge in [-0.25, -0.2) is 4.79 Å². The number of carbonyl (C=O) groups is 4. The number of ether oxygens (including phenoxy) is 5. The Hall–Kier alpha value is -3.32. The topological polar surface area (TPSA) is 175 Å². The molecule has 0 spiro atoms. The standard InChI is InChI=1S/C65H114O12/c1-4-7-10-13-16-19-22-25-27-28-29-30-32-35-38-41-44-47-50-53-59(68)76-63-61(70)60(69)62(64(71)72)77-65(63)74-55-56(75-58(67)52-49-46-43-40-37-33-24-21-18-15-12-9-6-3)54-73-57(66)51-48-45-42-39-36-34-31-26-23-20-17-14-11-8-5-2/h12,15-16,19,21,24-25,27,56,60-63,65,69-70H,4-11,13-14,17-18,20,22-23,26,28-55H2,1-3H3,(H,71,72)/b15-12-,19-16-,24-21-,27-25-. The molecule has 77 heavy (non-hydrogen) atoms. The van der Waals surface area contributed by atoms with Crippen LogP contribution < -0.4 is 0 Å². The third-order valence-electron chi connectivity index (χ3n) is 14.4. The monoisotopic (exact) mass is 1090 g/mol. The highest BCUT2D eigenvalue weighted by Crippen LogP contribution is 2.27. The molecule has 6 unspecified atom stereocenters. The SMILES string of the molecule is CCC/C=C\C/C=C\CCCCCCCC(=O)OC(COC(=O)CCCCCCCCCCCCCCCCC)COC1OC(C(=O)O)C(O)C(O)C1OC(=O)CCCCCCCCCCC/C=C\C/C=C\CCCCC. The Balaban J connectivity index is 2.65. The first-order valence-corrected chi connectivity index (χ1v) is 31.6. The average Bonchev–Trinajstić information content (AvgIpc) is 3.42. The van der Waals surface area contributed by atoms with Crippen molar-refractivity contribution < 1.29 is 58.2 Å². The fraction of sp³-hybridized carbons (Fsp3) is 0.815. The van der Waals surface area contributed by atoms with Crippen LogP contribution in [-0.4, -0.2) is 89.2 Å². The van der Waals surface area contributed by atoms with Gasteiger partial charge >= 0.3 is 23.9 Å². The van der Waals surface area contributed by atoms with Gasteiger partial charge in [0.05, 0.1) is 6.61 Å². The van der Waals surface area contributed by atoms with Gasteiger partial charge in [-0.15, -0.1) is 0 Å². The van der Waals surface area contributed by atoms with E-state index in [1.165, 1.54) is 122 Å². The third kappa shape index (κ3) is 43.2. The van der Waals surface area contributed by atoms with Crippen LogP contribution in [0.5, 0.6) is 0 Å². The fourth-order valence-corrected chi connectivity index (χ4v) is 9.50. The second kappa shape index (κ2) is 53.3. The molecule has 3 N–H and O–H groups in total. The maximum atomic E-state index is 13.1. The number of aliphatic carboxylic acids is 1. The number of aliphatic hydroxyl groups is 2. The summed E-state index contributed by atoms with van der Waals surface area (Å²) in [5, 5.41) is 31.5. The van der Waals surface area contributed by atoms with Crippen molar-refractivity contribution in [1.29, 1.82) is 0 Å². The van der Waals surface area contributed by atoms with Gasteiger partial charge in [0.2, 0.25) is 0 Å². The summed E-state index contributed by atoms with van der Waals surface area (Å²) < 4.78 is 28.5. The summed E-state index contributed by atoms with van der Waals surface area (Å²) in [5.41, 5.74) is 0. The van der Waals surface area contributed by atoms with E-state index < -0.39 is 67.3 Å². The van der Waals surface area contributed by atoms with Crippen LogP contribution in [0.3, 0.4) is 0 Å². The van der Waals surface area contributed by atoms with Crippen LogP contribution >= 0.6 is 0 Å². The Morgan fingerprint density at radius 3 is 1.25 bits per heavy atom. The van der Waals surface area contributed by atoms with Gasteiger partial charge in [-0.05, 0) is 77.0 Å². The normalized spacial score (nSPS) is 18.3. The maximum Gasteiger partial charge on any atom is 0.335 e. The summed E-state index contributed by atoms with van der Waals surface area (Å²) >= 11 is 0. The van der Waals surface area contributed by atoms with E-state index in [2.05, 4.69) is 69.4 Å². The van der Waals surface area contributed by atoms with E-state index in [9.17, 15) is 34.5 Å². The predicted molar refractivity (Wildman–Crippen MR) is 312 cm³/mol. The molecule has 0 aromatic carbocycles. The quantitative estimate of drug-likeness (QED) is 0.0228. The van der Waals surface area contributed by atoms with E-state index in [0.717, 1.165) is 109 Å². The number of esters is 3. The van der Waals surface area contributed by atoms with Crippen LogP contribution in [0.25, 0.3) is 0 Å². The second-order valence-electron chi connectivity index (χ2n) is 21.7. The molecule has 1 heterocycles. The van der Waals surface area contributed by atoms with Gasteiger partial charge in [0.1, 0.15) is 18.8 Å². The lowest BCUT2D eigenvalue weighted by atomic mass is 9.98. The molecule has 0 bridgehead atoms. The molecule has 1 saturated heterocycles. The number of carbonyl (C=O) groups excluding carboxylic acids is 3. The first-order valence-electron chi connectivity index (χ1n) is 31.6. The van der Waals surface area contributed by atoms with E-state index in [4.69, 9.17) is 23.7 Å². The molecule has 0 aliphatic carbocycles. The number of hydrogen-bond acceptors (Lipinski definition) is 11. The summed E-state index contributed by atoms with van der Waals surface area (Å²) in [6.45, 7) is 5.92. The van der Waals surface area contributed by atoms with Gasteiger partial charge in [0.15, 0.2) is 24.6 Å². The van der Waals surface area contributed by atoms with Crippen molar-refractivity contribution in [1.82, 2.24) is 0 Å². The number of carboxylic acids is 1. The summed E-state index contributed by atoms with van der Waals surface area (Å²) in [7, 11) is 0. The van der Waals surface area contributed by atoms with Gasteiger partial charge in [0, 0.05) is 19.3 Å². The van der Waals surface area contributed by atoms with Gasteiger partial charge in [-0.3, -0.25) is 14.4 Å². The molecular weight excluding hydrogens is 973 g/mol. The molecule has 1 aliphatic heterocycles. The van der Waals surface area contributed by atoms with E-state index >= 15 is 0 Å². The first kappa shape index (κ1) is 71.7. The molecule has 0 aromatic heterocycles. The lowest BCUT2D eigenvalue weighted by molar-refractivity contribution is -0.301. The van der Waals surface area contributed by atoms with E-state index in [1.807, 2.05) is 0 Å². The average molecular weight is 1090 g/mol. The van der Waals surface area contributed by atoms with Crippen molar-refractivity contribution in [3.8, 4) is 0 Å². The highest BCUT2D eigenvalue weighted by atomic mass is 16.7. The van der Waals surface area contributed by atoms with Crippen molar-refractivity contribution >= 4 is 23.9 Å². The van der Waals surface area contributed by atoms with Gasteiger partial charge in [-0.2, -0.15) is 0 Å². The van der Waals surface area contributed by atoms with Crippen molar-refractivity contribution in [2.24, 2.45) is 0 Å². The lowest BCUT2D eigenvalue weighted by Gasteiger charge is -2.40. The number of rotatable bonds is 54. The molecule has 12 heteroatoms. The number of allylic oxidation sites excluding steroid dienone is 8. The summed E-state index contributed by atoms with van der Waals surface area (Å²) in [4.78, 5) is 51.2. The van der Waals surface area contributed by atoms with Crippen LogP contribution in [0, 0.1) is 0 Å². The fourth-order valence-electron chi connectivity index (χ4n) is 9.50. The Kier molecular flexibility index (Phi) is 49.7. The molecule has 1 aliphatic rings. The predicted octanol–water partition coefficient (Wildman–Crippen LogP) is 16.6. The highest BCUT2D eigenvalue weighted by Gasteiger charge is 2.50. The molecule has 0 saturated carbocycles. The zero-order chi connectivity index (χ0) is 56.1. The van der Waals surface area contributed by atoms with Crippen molar-refractivity contribution in [3.63, 3.8) is 0 Å². The summed E-state index contributed by atoms with van der Waals surface area (Å²) in [6, 6.07) is 0. The maximum absolute atomic E-state index is 13.1. The molecule has 12 nitrogen and oxygen atoms in total. The van der Waals surface area contributed by atoms with E-state index in [1.54, 1.807) is 0 Å². The number of hydrogen-bond donors (Lipinski definition) is 3. The van der Waals surface area contributed by atoms with Crippen LogP contribution in [0.4, 0.5) is 0 Å². The van der Waals surface area contributed by atoms with Gasteiger partial charge in [0.25, 0.3) is 0 Å². The molecule has 0 amide bonds. The van der Waals surface area contributed by atoms with Gasteiger partial charge in [-0.1, -0.05) is 243 Å². The van der Waals surface area contributed by atoms with E-state index in [0.29, 0.717) is 19.3 Å². The van der Waals surface area contributed by atoms with Crippen LogP contribution in [0.2, 0.25) is 0 Å². The highest BCUT2D eigenvalue weighted by molar-refractivity contribution is 5.74. The minimum Gasteiger partial charge on any atom is -0.479 e. The molecule has 6 atom stereocenters. The largest absolute Gasteiger partial charge is 0.479 e. The van der Waals surface area contributed by atoms with Crippen LogP contribution in [0.1, 0.15) is 290 Å². The molecule has 0 radical (unpaired) electrons. The number of carboxylic acid groups (broad SMARTS) is 1. The van der Waals surface area contributed by atoms with Crippen LogP contribution in [0.15, 0.2) is 48.6 Å². The number of aliphatic hydroxyl groups excluding tert-OH is 2. The minimum atomic E-state index is -1.91. The molecule has 1 rings (SSSR count).